The topological polar surface area (TPSA) is 92.9 Å². The van der Waals surface area contributed by atoms with Crippen LogP contribution in [0.4, 0.5) is 5.69 Å². The molecule has 1 fully saturated rings. The van der Waals surface area contributed by atoms with Crippen LogP contribution in [0.2, 0.25) is 0 Å². The van der Waals surface area contributed by atoms with E-state index in [4.69, 9.17) is 15.6 Å². The lowest BCUT2D eigenvalue weighted by Crippen LogP contribution is -2.48. The molecule has 0 bridgehead atoms. The van der Waals surface area contributed by atoms with Crippen molar-refractivity contribution in [2.24, 2.45) is 0 Å². The van der Waals surface area contributed by atoms with E-state index in [1.165, 1.54) is 0 Å². The molecule has 2 rings (SSSR count). The van der Waals surface area contributed by atoms with Crippen molar-refractivity contribution >= 4 is 17.6 Å². The van der Waals surface area contributed by atoms with Crippen molar-refractivity contribution < 1.29 is 19.4 Å². The Morgan fingerprint density at radius 1 is 1.43 bits per heavy atom. The third-order valence-electron chi connectivity index (χ3n) is 3.68. The maximum atomic E-state index is 12.3. The first-order valence-electron chi connectivity index (χ1n) is 6.95. The number of carbonyl (C=O) groups excluding carboxylic acids is 1. The number of morpholine rings is 1. The zero-order valence-electron chi connectivity index (χ0n) is 12.0. The highest BCUT2D eigenvalue weighted by molar-refractivity contribution is 5.79. The fourth-order valence-electron chi connectivity index (χ4n) is 2.36. The summed E-state index contributed by atoms with van der Waals surface area (Å²) in [4.78, 5) is 24.8. The molecule has 0 saturated carbocycles. The number of hydrogen-bond donors (Lipinski definition) is 2. The summed E-state index contributed by atoms with van der Waals surface area (Å²) in [5.41, 5.74) is 7.38. The van der Waals surface area contributed by atoms with E-state index in [-0.39, 0.29) is 25.0 Å². The molecule has 6 nitrogen and oxygen atoms in total. The van der Waals surface area contributed by atoms with Crippen molar-refractivity contribution in [2.45, 2.75) is 25.4 Å². The lowest BCUT2D eigenvalue weighted by Gasteiger charge is -2.31. The van der Waals surface area contributed by atoms with E-state index < -0.39 is 12.1 Å². The molecule has 2 atom stereocenters. The van der Waals surface area contributed by atoms with Gasteiger partial charge in [0, 0.05) is 18.7 Å². The zero-order valence-corrected chi connectivity index (χ0v) is 12.0. The van der Waals surface area contributed by atoms with Gasteiger partial charge in [-0.05, 0) is 23.6 Å². The lowest BCUT2D eigenvalue weighted by molar-refractivity contribution is -0.159. The molecule has 6 heteroatoms. The monoisotopic (exact) mass is 292 g/mol. The minimum absolute atomic E-state index is 0.0473. The first-order valence-corrected chi connectivity index (χ1v) is 6.95. The van der Waals surface area contributed by atoms with Crippen LogP contribution in [0.15, 0.2) is 24.3 Å². The summed E-state index contributed by atoms with van der Waals surface area (Å²) >= 11 is 0. The van der Waals surface area contributed by atoms with Gasteiger partial charge in [-0.15, -0.1) is 0 Å². The summed E-state index contributed by atoms with van der Waals surface area (Å²) in [5.74, 6) is -1.02. The van der Waals surface area contributed by atoms with Crippen LogP contribution >= 0.6 is 0 Å². The molecule has 1 aliphatic heterocycles. The number of rotatable bonds is 4. The average Bonchev–Trinajstić information content (AvgIpc) is 2.48. The predicted molar refractivity (Wildman–Crippen MR) is 77.8 cm³/mol. The number of carbonyl (C=O) groups is 2. The minimum atomic E-state index is -1.03. The molecular weight excluding hydrogens is 272 g/mol. The Kier molecular flexibility index (Phi) is 4.80. The van der Waals surface area contributed by atoms with E-state index in [0.717, 1.165) is 5.56 Å². The lowest BCUT2D eigenvalue weighted by atomic mass is 9.97. The fraction of sp³-hybridized carbons (Fsp3) is 0.467. The maximum Gasteiger partial charge on any atom is 0.334 e. The normalized spacial score (nSPS) is 20.0. The van der Waals surface area contributed by atoms with E-state index in [1.54, 1.807) is 4.90 Å². The molecule has 1 aromatic rings. The van der Waals surface area contributed by atoms with Crippen LogP contribution in [0.25, 0.3) is 0 Å². The molecule has 2 unspecified atom stereocenters. The highest BCUT2D eigenvalue weighted by Gasteiger charge is 2.29. The summed E-state index contributed by atoms with van der Waals surface area (Å²) in [6.07, 6.45) is -0.578. The van der Waals surface area contributed by atoms with Crippen LogP contribution in [0, 0.1) is 0 Å². The Labute approximate surface area is 123 Å². The van der Waals surface area contributed by atoms with Gasteiger partial charge in [-0.3, -0.25) is 4.79 Å². The molecule has 0 aliphatic carbocycles. The van der Waals surface area contributed by atoms with Crippen LogP contribution in [0.1, 0.15) is 24.8 Å². The Morgan fingerprint density at radius 2 is 2.10 bits per heavy atom. The SMILES string of the molecule is CC(CC(=O)N1CCOC(C(=O)O)C1)c1ccc(N)cc1. The number of nitrogens with two attached hydrogens (primary N) is 1. The summed E-state index contributed by atoms with van der Waals surface area (Å²) in [6, 6.07) is 7.44. The third kappa shape index (κ3) is 3.95. The van der Waals surface area contributed by atoms with Crippen LogP contribution < -0.4 is 5.73 Å². The molecule has 1 amide bonds. The molecule has 0 spiro atoms. The second kappa shape index (κ2) is 6.58. The number of nitrogens with zero attached hydrogens (tertiary/aromatic N) is 1. The summed E-state index contributed by atoms with van der Waals surface area (Å²) in [5, 5.41) is 8.95. The Morgan fingerprint density at radius 3 is 2.71 bits per heavy atom. The number of hydrogen-bond acceptors (Lipinski definition) is 4. The number of ether oxygens (including phenoxy) is 1. The Balaban J connectivity index is 1.94. The molecule has 3 N–H and O–H groups in total. The Bertz CT molecular complexity index is 515. The standard InChI is InChI=1S/C15H20N2O4/c1-10(11-2-4-12(16)5-3-11)8-14(18)17-6-7-21-13(9-17)15(19)20/h2-5,10,13H,6-9,16H2,1H3,(H,19,20). The first kappa shape index (κ1) is 15.3. The predicted octanol–water partition coefficient (Wildman–Crippen LogP) is 1.07. The minimum Gasteiger partial charge on any atom is -0.479 e. The number of amides is 1. The maximum absolute atomic E-state index is 12.3. The number of carboxylic acids is 1. The number of benzene rings is 1. The van der Waals surface area contributed by atoms with Crippen molar-refractivity contribution in [3.05, 3.63) is 29.8 Å². The number of aliphatic carboxylic acids is 1. The van der Waals surface area contributed by atoms with Crippen LogP contribution in [-0.2, 0) is 14.3 Å². The number of nitrogen functional groups attached to an aromatic ring is 1. The molecule has 1 aliphatic rings. The van der Waals surface area contributed by atoms with Crippen molar-refractivity contribution in [3.8, 4) is 0 Å². The van der Waals surface area contributed by atoms with Gasteiger partial charge in [0.2, 0.25) is 5.91 Å². The van der Waals surface area contributed by atoms with Crippen molar-refractivity contribution in [1.82, 2.24) is 4.90 Å². The highest BCUT2D eigenvalue weighted by atomic mass is 16.5. The molecule has 0 aromatic heterocycles. The van der Waals surface area contributed by atoms with Crippen molar-refractivity contribution in [3.63, 3.8) is 0 Å². The van der Waals surface area contributed by atoms with E-state index in [0.29, 0.717) is 18.7 Å². The quantitative estimate of drug-likeness (QED) is 0.810. The van der Waals surface area contributed by atoms with Crippen molar-refractivity contribution in [1.29, 1.82) is 0 Å². The van der Waals surface area contributed by atoms with Gasteiger partial charge in [0.1, 0.15) is 0 Å². The van der Waals surface area contributed by atoms with Gasteiger partial charge >= 0.3 is 5.97 Å². The molecule has 1 saturated heterocycles. The fourth-order valence-corrected chi connectivity index (χ4v) is 2.36. The van der Waals surface area contributed by atoms with Crippen molar-refractivity contribution in [2.75, 3.05) is 25.4 Å². The van der Waals surface area contributed by atoms with Gasteiger partial charge in [-0.25, -0.2) is 4.79 Å². The molecule has 21 heavy (non-hydrogen) atoms. The van der Waals surface area contributed by atoms with Crippen LogP contribution in [0.3, 0.4) is 0 Å². The highest BCUT2D eigenvalue weighted by Crippen LogP contribution is 2.21. The van der Waals surface area contributed by atoms with E-state index in [9.17, 15) is 9.59 Å². The van der Waals surface area contributed by atoms with Gasteiger partial charge in [-0.1, -0.05) is 19.1 Å². The molecule has 0 radical (unpaired) electrons. The second-order valence-corrected chi connectivity index (χ2v) is 5.31. The summed E-state index contributed by atoms with van der Waals surface area (Å²) < 4.78 is 5.12. The second-order valence-electron chi connectivity index (χ2n) is 5.31. The largest absolute Gasteiger partial charge is 0.479 e. The smallest absolute Gasteiger partial charge is 0.334 e. The summed E-state index contributed by atoms with van der Waals surface area (Å²) in [6.45, 7) is 2.79. The molecule has 1 heterocycles. The van der Waals surface area contributed by atoms with E-state index in [2.05, 4.69) is 0 Å². The van der Waals surface area contributed by atoms with Crippen LogP contribution in [-0.4, -0.2) is 47.7 Å². The van der Waals surface area contributed by atoms with Gasteiger partial charge in [0.25, 0.3) is 0 Å². The van der Waals surface area contributed by atoms with Crippen LogP contribution in [0.5, 0.6) is 0 Å². The average molecular weight is 292 g/mol. The number of carboxylic acid groups (broad SMARTS) is 1. The molecular formula is C15H20N2O4. The van der Waals surface area contributed by atoms with E-state index in [1.807, 2.05) is 31.2 Å². The number of anilines is 1. The molecule has 114 valence electrons. The van der Waals surface area contributed by atoms with Gasteiger partial charge in [-0.2, -0.15) is 0 Å². The molecule has 1 aromatic carbocycles. The van der Waals surface area contributed by atoms with E-state index >= 15 is 0 Å². The first-order chi connectivity index (χ1) is 9.97. The van der Waals surface area contributed by atoms with Gasteiger partial charge in [0.05, 0.1) is 13.2 Å². The third-order valence-corrected chi connectivity index (χ3v) is 3.68. The zero-order chi connectivity index (χ0) is 15.4. The summed E-state index contributed by atoms with van der Waals surface area (Å²) in [7, 11) is 0. The van der Waals surface area contributed by atoms with Gasteiger partial charge < -0.3 is 20.5 Å². The van der Waals surface area contributed by atoms with Gasteiger partial charge in [0.15, 0.2) is 6.10 Å². The Hall–Kier alpha value is -2.08.